The normalized spacial score (nSPS) is 10.8. The Morgan fingerprint density at radius 1 is 1.28 bits per heavy atom. The smallest absolute Gasteiger partial charge is 0.349 e. The molecule has 2 N–H and O–H groups in total. The number of nitrogens with two attached hydrogens (primary N) is 1. The molecule has 3 rings (SSSR count). The molecule has 0 radical (unpaired) electrons. The number of carbonyl (C=O) groups is 2. The van der Waals surface area contributed by atoms with Gasteiger partial charge < -0.3 is 15.0 Å². The Hall–Kier alpha value is -3.00. The van der Waals surface area contributed by atoms with Gasteiger partial charge in [-0.05, 0) is 30.2 Å². The minimum Gasteiger partial charge on any atom is -0.457 e. The van der Waals surface area contributed by atoms with Gasteiger partial charge in [0.1, 0.15) is 16.3 Å². The summed E-state index contributed by atoms with van der Waals surface area (Å²) >= 11 is 1.14. The predicted octanol–water partition coefficient (Wildman–Crippen LogP) is 1.76. The van der Waals surface area contributed by atoms with Crippen LogP contribution < -0.4 is 11.3 Å². The third-order valence-electron chi connectivity index (χ3n) is 3.80. The fourth-order valence-corrected chi connectivity index (χ4v) is 3.42. The predicted molar refractivity (Wildman–Crippen MR) is 93.7 cm³/mol. The van der Waals surface area contributed by atoms with E-state index in [2.05, 4.69) is 4.98 Å². The number of thiophene rings is 1. The van der Waals surface area contributed by atoms with Crippen LogP contribution in [-0.4, -0.2) is 21.4 Å². The van der Waals surface area contributed by atoms with E-state index < -0.39 is 11.9 Å². The molecule has 128 valence electrons. The van der Waals surface area contributed by atoms with E-state index in [0.717, 1.165) is 16.9 Å². The SMILES string of the molecule is Cc1c(C(=O)OCc2ccc(C(N)=O)cc2)sc2ncn(C)c(=O)c12. The van der Waals surface area contributed by atoms with E-state index in [1.807, 2.05) is 0 Å². The molecule has 2 aromatic heterocycles. The molecular formula is C17H15N3O4S. The van der Waals surface area contributed by atoms with Gasteiger partial charge >= 0.3 is 5.97 Å². The van der Waals surface area contributed by atoms with E-state index in [1.165, 1.54) is 10.9 Å². The molecule has 1 aromatic carbocycles. The van der Waals surface area contributed by atoms with Gasteiger partial charge in [0.25, 0.3) is 5.56 Å². The van der Waals surface area contributed by atoms with E-state index in [9.17, 15) is 14.4 Å². The van der Waals surface area contributed by atoms with Crippen molar-refractivity contribution in [2.24, 2.45) is 12.8 Å². The van der Waals surface area contributed by atoms with Gasteiger partial charge in [-0.3, -0.25) is 9.59 Å². The van der Waals surface area contributed by atoms with Crippen molar-refractivity contribution < 1.29 is 14.3 Å². The van der Waals surface area contributed by atoms with Gasteiger partial charge in [0.15, 0.2) is 0 Å². The first-order chi connectivity index (χ1) is 11.9. The highest BCUT2D eigenvalue weighted by molar-refractivity contribution is 7.20. The van der Waals surface area contributed by atoms with Crippen molar-refractivity contribution in [3.8, 4) is 0 Å². The second-order valence-electron chi connectivity index (χ2n) is 5.53. The largest absolute Gasteiger partial charge is 0.457 e. The van der Waals surface area contributed by atoms with Crippen LogP contribution in [0.25, 0.3) is 10.2 Å². The summed E-state index contributed by atoms with van der Waals surface area (Å²) in [6, 6.07) is 6.48. The van der Waals surface area contributed by atoms with Crippen molar-refractivity contribution in [2.75, 3.05) is 0 Å². The number of aromatic nitrogens is 2. The maximum Gasteiger partial charge on any atom is 0.349 e. The molecule has 0 unspecified atom stereocenters. The van der Waals surface area contributed by atoms with E-state index in [1.54, 1.807) is 38.2 Å². The number of hydrogen-bond acceptors (Lipinski definition) is 6. The van der Waals surface area contributed by atoms with Crippen LogP contribution in [0.5, 0.6) is 0 Å². The number of nitrogens with zero attached hydrogens (tertiary/aromatic N) is 2. The van der Waals surface area contributed by atoms with Gasteiger partial charge in [-0.1, -0.05) is 12.1 Å². The van der Waals surface area contributed by atoms with Gasteiger partial charge in [-0.2, -0.15) is 0 Å². The Kier molecular flexibility index (Phi) is 4.37. The average molecular weight is 357 g/mol. The van der Waals surface area contributed by atoms with Gasteiger partial charge in [-0.25, -0.2) is 9.78 Å². The fraction of sp³-hybridized carbons (Fsp3) is 0.176. The maximum absolute atomic E-state index is 12.4. The second kappa shape index (κ2) is 6.48. The summed E-state index contributed by atoms with van der Waals surface area (Å²) in [6.07, 6.45) is 1.43. The lowest BCUT2D eigenvalue weighted by atomic mass is 10.1. The molecule has 0 spiro atoms. The van der Waals surface area contributed by atoms with Crippen molar-refractivity contribution in [2.45, 2.75) is 13.5 Å². The van der Waals surface area contributed by atoms with Crippen molar-refractivity contribution in [3.05, 3.63) is 62.5 Å². The van der Waals surface area contributed by atoms with E-state index in [-0.39, 0.29) is 12.2 Å². The molecule has 0 bridgehead atoms. The van der Waals surface area contributed by atoms with Crippen molar-refractivity contribution in [3.63, 3.8) is 0 Å². The number of carbonyl (C=O) groups excluding carboxylic acids is 2. The van der Waals surface area contributed by atoms with Crippen molar-refractivity contribution in [1.82, 2.24) is 9.55 Å². The van der Waals surface area contributed by atoms with Crippen LogP contribution >= 0.6 is 11.3 Å². The third kappa shape index (κ3) is 3.16. The lowest BCUT2D eigenvalue weighted by Gasteiger charge is -2.05. The Morgan fingerprint density at radius 2 is 1.96 bits per heavy atom. The van der Waals surface area contributed by atoms with Gasteiger partial charge in [-0.15, -0.1) is 11.3 Å². The third-order valence-corrected chi connectivity index (χ3v) is 4.98. The lowest BCUT2D eigenvalue weighted by Crippen LogP contribution is -2.16. The van der Waals surface area contributed by atoms with Crippen LogP contribution in [-0.2, 0) is 18.4 Å². The minimum absolute atomic E-state index is 0.0526. The van der Waals surface area contributed by atoms with Crippen LogP contribution in [0.2, 0.25) is 0 Å². The molecule has 7 nitrogen and oxygen atoms in total. The molecule has 2 heterocycles. The number of benzene rings is 1. The maximum atomic E-state index is 12.4. The van der Waals surface area contributed by atoms with Crippen LogP contribution in [0, 0.1) is 6.92 Å². The minimum atomic E-state index is -0.515. The molecule has 25 heavy (non-hydrogen) atoms. The van der Waals surface area contributed by atoms with E-state index >= 15 is 0 Å². The van der Waals surface area contributed by atoms with Gasteiger partial charge in [0.05, 0.1) is 11.7 Å². The monoisotopic (exact) mass is 357 g/mol. The summed E-state index contributed by atoms with van der Waals surface area (Å²) in [6.45, 7) is 1.76. The topological polar surface area (TPSA) is 104 Å². The molecule has 8 heteroatoms. The Labute approximate surface area is 146 Å². The Balaban J connectivity index is 1.81. The van der Waals surface area contributed by atoms with Gasteiger partial charge in [0.2, 0.25) is 5.91 Å². The van der Waals surface area contributed by atoms with Gasteiger partial charge in [0, 0.05) is 12.6 Å². The first-order valence-electron chi connectivity index (χ1n) is 7.39. The average Bonchev–Trinajstić information content (AvgIpc) is 2.94. The van der Waals surface area contributed by atoms with Crippen LogP contribution in [0.15, 0.2) is 35.4 Å². The van der Waals surface area contributed by atoms with Crippen molar-refractivity contribution in [1.29, 1.82) is 0 Å². The summed E-state index contributed by atoms with van der Waals surface area (Å²) in [4.78, 5) is 40.6. The summed E-state index contributed by atoms with van der Waals surface area (Å²) in [5.74, 6) is -1.03. The first kappa shape index (κ1) is 16.8. The number of esters is 1. The Bertz CT molecular complexity index is 1030. The quantitative estimate of drug-likeness (QED) is 0.717. The summed E-state index contributed by atoms with van der Waals surface area (Å²) in [7, 11) is 1.61. The summed E-state index contributed by atoms with van der Waals surface area (Å²) < 4.78 is 6.69. The zero-order chi connectivity index (χ0) is 18.1. The molecule has 3 aromatic rings. The zero-order valence-electron chi connectivity index (χ0n) is 13.6. The Morgan fingerprint density at radius 3 is 2.60 bits per heavy atom. The van der Waals surface area contributed by atoms with E-state index in [4.69, 9.17) is 10.5 Å². The number of hydrogen-bond donors (Lipinski definition) is 1. The van der Waals surface area contributed by atoms with E-state index in [0.29, 0.717) is 26.2 Å². The summed E-state index contributed by atoms with van der Waals surface area (Å²) in [5, 5.41) is 0.438. The molecule has 0 saturated carbocycles. The molecule has 0 aliphatic heterocycles. The fourth-order valence-electron chi connectivity index (χ4n) is 2.38. The second-order valence-corrected chi connectivity index (χ2v) is 6.53. The number of fused-ring (bicyclic) bond motifs is 1. The zero-order valence-corrected chi connectivity index (χ0v) is 14.4. The standard InChI is InChI=1S/C17H15N3O4S/c1-9-12-15(19-8-20(2)16(12)22)25-13(9)17(23)24-7-10-3-5-11(6-4-10)14(18)21/h3-6,8H,7H2,1-2H3,(H2,18,21). The molecule has 0 fully saturated rings. The molecular weight excluding hydrogens is 342 g/mol. The highest BCUT2D eigenvalue weighted by Gasteiger charge is 2.20. The number of ether oxygens (including phenoxy) is 1. The highest BCUT2D eigenvalue weighted by atomic mass is 32.1. The highest BCUT2D eigenvalue weighted by Crippen LogP contribution is 2.27. The van der Waals surface area contributed by atoms with Crippen LogP contribution in [0.1, 0.15) is 31.2 Å². The summed E-state index contributed by atoms with van der Waals surface area (Å²) in [5.41, 5.74) is 6.67. The molecule has 1 amide bonds. The van der Waals surface area contributed by atoms with Crippen molar-refractivity contribution >= 4 is 33.4 Å². The lowest BCUT2D eigenvalue weighted by molar-refractivity contribution is 0.0477. The first-order valence-corrected chi connectivity index (χ1v) is 8.20. The molecule has 0 saturated heterocycles. The number of primary amides is 1. The van der Waals surface area contributed by atoms with Crippen LogP contribution in [0.3, 0.4) is 0 Å². The molecule has 0 atom stereocenters. The van der Waals surface area contributed by atoms with Crippen LogP contribution in [0.4, 0.5) is 0 Å². The molecule has 0 aliphatic rings. The molecule has 0 aliphatic carbocycles. The number of rotatable bonds is 4. The number of amides is 1. The number of aryl methyl sites for hydroxylation is 2.